The average molecular weight is 352 g/mol. The van der Waals surface area contributed by atoms with Crippen LogP contribution in [0.1, 0.15) is 18.0 Å². The number of fused-ring (bicyclic) bond motifs is 1. The third-order valence-electron chi connectivity index (χ3n) is 4.42. The fraction of sp³-hybridized carbons (Fsp3) is 0.300. The molecule has 0 aliphatic rings. The van der Waals surface area contributed by atoms with Crippen molar-refractivity contribution in [1.82, 2.24) is 19.8 Å². The van der Waals surface area contributed by atoms with Crippen LogP contribution in [0.5, 0.6) is 0 Å². The highest BCUT2D eigenvalue weighted by Gasteiger charge is 2.22. The van der Waals surface area contributed by atoms with Crippen LogP contribution in [0, 0.1) is 0 Å². The van der Waals surface area contributed by atoms with Gasteiger partial charge in [0.1, 0.15) is 6.04 Å². The van der Waals surface area contributed by atoms with Crippen LogP contribution in [-0.4, -0.2) is 41.0 Å². The smallest absolute Gasteiger partial charge is 0.326 e. The molecule has 0 aliphatic carbocycles. The van der Waals surface area contributed by atoms with E-state index in [0.29, 0.717) is 19.5 Å². The Kier molecular flexibility index (Phi) is 5.53. The van der Waals surface area contributed by atoms with Gasteiger partial charge in [0.05, 0.1) is 11.0 Å². The summed E-state index contributed by atoms with van der Waals surface area (Å²) in [7, 11) is 3.78. The van der Waals surface area contributed by atoms with E-state index in [0.717, 1.165) is 16.6 Å². The second-order valence-electron chi connectivity index (χ2n) is 6.52. The number of amides is 1. The summed E-state index contributed by atoms with van der Waals surface area (Å²) in [5, 5.41) is 2.99. The molecule has 0 saturated carbocycles. The van der Waals surface area contributed by atoms with Gasteiger partial charge in [-0.15, -0.1) is 0 Å². The lowest BCUT2D eigenvalue weighted by atomic mass is 10.1. The van der Waals surface area contributed by atoms with E-state index in [1.807, 2.05) is 73.6 Å². The molecule has 1 atom stereocenters. The molecule has 0 aliphatic heterocycles. The van der Waals surface area contributed by atoms with E-state index < -0.39 is 0 Å². The minimum atomic E-state index is -0.327. The van der Waals surface area contributed by atoms with Crippen molar-refractivity contribution in [2.45, 2.75) is 19.0 Å². The van der Waals surface area contributed by atoms with Crippen LogP contribution in [0.2, 0.25) is 0 Å². The first-order valence-electron chi connectivity index (χ1n) is 8.74. The van der Waals surface area contributed by atoms with Gasteiger partial charge in [-0.25, -0.2) is 4.79 Å². The van der Waals surface area contributed by atoms with Gasteiger partial charge in [-0.2, -0.15) is 0 Å². The van der Waals surface area contributed by atoms with Crippen molar-refractivity contribution >= 4 is 16.9 Å². The first-order valence-corrected chi connectivity index (χ1v) is 8.74. The van der Waals surface area contributed by atoms with Crippen LogP contribution < -0.4 is 11.0 Å². The number of benzene rings is 2. The Morgan fingerprint density at radius 1 is 1.12 bits per heavy atom. The maximum atomic E-state index is 12.6. The minimum absolute atomic E-state index is 0.0347. The van der Waals surface area contributed by atoms with E-state index in [1.54, 1.807) is 4.57 Å². The normalized spacial score (nSPS) is 12.4. The number of hydrogen-bond donors (Lipinski definition) is 2. The quantitative estimate of drug-likeness (QED) is 0.640. The number of para-hydroxylation sites is 2. The van der Waals surface area contributed by atoms with Gasteiger partial charge >= 0.3 is 5.69 Å². The lowest BCUT2D eigenvalue weighted by Gasteiger charge is -2.23. The lowest BCUT2D eigenvalue weighted by molar-refractivity contribution is -0.125. The van der Waals surface area contributed by atoms with Crippen LogP contribution >= 0.6 is 0 Å². The molecule has 2 aromatic carbocycles. The predicted octanol–water partition coefficient (Wildman–Crippen LogP) is 2.14. The summed E-state index contributed by atoms with van der Waals surface area (Å²) < 4.78 is 1.71. The number of imidazole rings is 1. The molecule has 0 saturated heterocycles. The second-order valence-corrected chi connectivity index (χ2v) is 6.52. The molecule has 1 heterocycles. The number of aromatic nitrogens is 2. The first-order chi connectivity index (χ1) is 12.6. The topological polar surface area (TPSA) is 70.1 Å². The van der Waals surface area contributed by atoms with Gasteiger partial charge in [-0.1, -0.05) is 42.5 Å². The fourth-order valence-corrected chi connectivity index (χ4v) is 3.19. The molecule has 0 radical (unpaired) electrons. The molecule has 6 heteroatoms. The van der Waals surface area contributed by atoms with Crippen molar-refractivity contribution in [2.75, 3.05) is 20.6 Å². The number of carbonyl (C=O) groups excluding carboxylic acids is 1. The van der Waals surface area contributed by atoms with Crippen LogP contribution in [0.4, 0.5) is 0 Å². The van der Waals surface area contributed by atoms with E-state index in [-0.39, 0.29) is 17.6 Å². The van der Waals surface area contributed by atoms with Gasteiger partial charge in [0, 0.05) is 13.1 Å². The Labute approximate surface area is 152 Å². The highest BCUT2D eigenvalue weighted by molar-refractivity contribution is 5.83. The van der Waals surface area contributed by atoms with E-state index >= 15 is 0 Å². The summed E-state index contributed by atoms with van der Waals surface area (Å²) in [5.41, 5.74) is 2.56. The number of H-pyrrole nitrogens is 1. The molecule has 3 rings (SSSR count). The third kappa shape index (κ3) is 3.86. The molecule has 2 N–H and O–H groups in total. The standard InChI is InChI=1S/C20H24N4O2/c1-23(2)18(15-9-4-3-5-10-15)19(25)21-13-8-14-24-17-12-7-6-11-16(17)22-20(24)26/h3-7,9-12,18H,8,13-14H2,1-2H3,(H,21,25)(H,22,26). The summed E-state index contributed by atoms with van der Waals surface area (Å²) in [6.07, 6.45) is 0.683. The van der Waals surface area contributed by atoms with E-state index in [2.05, 4.69) is 10.3 Å². The van der Waals surface area contributed by atoms with Crippen molar-refractivity contribution in [3.63, 3.8) is 0 Å². The van der Waals surface area contributed by atoms with Gasteiger partial charge in [0.2, 0.25) is 5.91 Å². The number of rotatable bonds is 7. The number of aryl methyl sites for hydroxylation is 1. The number of carbonyl (C=O) groups is 1. The van der Waals surface area contributed by atoms with Gasteiger partial charge in [-0.3, -0.25) is 14.3 Å². The van der Waals surface area contributed by atoms with Crippen molar-refractivity contribution in [3.8, 4) is 0 Å². The zero-order chi connectivity index (χ0) is 18.5. The Balaban J connectivity index is 1.59. The molecule has 6 nitrogen and oxygen atoms in total. The van der Waals surface area contributed by atoms with Crippen LogP contribution in [-0.2, 0) is 11.3 Å². The Morgan fingerprint density at radius 3 is 2.54 bits per heavy atom. The van der Waals surface area contributed by atoms with Crippen LogP contribution in [0.25, 0.3) is 11.0 Å². The highest BCUT2D eigenvalue weighted by atomic mass is 16.2. The SMILES string of the molecule is CN(C)C(C(=O)NCCCn1c(=O)[nH]c2ccccc21)c1ccccc1. The zero-order valence-corrected chi connectivity index (χ0v) is 15.1. The molecule has 0 bridgehead atoms. The minimum Gasteiger partial charge on any atom is -0.354 e. The summed E-state index contributed by atoms with van der Waals surface area (Å²) in [6, 6.07) is 17.0. The fourth-order valence-electron chi connectivity index (χ4n) is 3.19. The molecule has 26 heavy (non-hydrogen) atoms. The third-order valence-corrected chi connectivity index (χ3v) is 4.42. The summed E-state index contributed by atoms with van der Waals surface area (Å²) in [5.74, 6) is -0.0347. The van der Waals surface area contributed by atoms with E-state index in [4.69, 9.17) is 0 Å². The summed E-state index contributed by atoms with van der Waals surface area (Å²) >= 11 is 0. The molecular formula is C20H24N4O2. The lowest BCUT2D eigenvalue weighted by Crippen LogP contribution is -2.37. The van der Waals surface area contributed by atoms with Crippen molar-refractivity contribution in [3.05, 3.63) is 70.6 Å². The van der Waals surface area contributed by atoms with Gasteiger partial charge in [-0.05, 0) is 38.2 Å². The first kappa shape index (κ1) is 17.9. The Hall–Kier alpha value is -2.86. The maximum Gasteiger partial charge on any atom is 0.326 e. The molecule has 1 amide bonds. The van der Waals surface area contributed by atoms with Crippen molar-refractivity contribution < 1.29 is 4.79 Å². The number of likely N-dealkylation sites (N-methyl/N-ethyl adjacent to an activating group) is 1. The number of hydrogen-bond acceptors (Lipinski definition) is 3. The molecule has 3 aromatic rings. The number of nitrogens with one attached hydrogen (secondary N) is 2. The molecule has 1 aromatic heterocycles. The van der Waals surface area contributed by atoms with Crippen molar-refractivity contribution in [2.24, 2.45) is 0 Å². The van der Waals surface area contributed by atoms with E-state index in [1.165, 1.54) is 0 Å². The molecule has 0 fully saturated rings. The monoisotopic (exact) mass is 352 g/mol. The van der Waals surface area contributed by atoms with Gasteiger partial charge in [0.25, 0.3) is 0 Å². The largest absolute Gasteiger partial charge is 0.354 e. The molecule has 1 unspecified atom stereocenters. The highest BCUT2D eigenvalue weighted by Crippen LogP contribution is 2.17. The predicted molar refractivity (Wildman–Crippen MR) is 103 cm³/mol. The molecule has 136 valence electrons. The zero-order valence-electron chi connectivity index (χ0n) is 15.1. The maximum absolute atomic E-state index is 12.6. The summed E-state index contributed by atoms with van der Waals surface area (Å²) in [6.45, 7) is 1.07. The summed E-state index contributed by atoms with van der Waals surface area (Å²) in [4.78, 5) is 29.4. The Morgan fingerprint density at radius 2 is 1.81 bits per heavy atom. The Bertz CT molecular complexity index is 928. The van der Waals surface area contributed by atoms with Gasteiger partial charge < -0.3 is 10.3 Å². The molecule has 0 spiro atoms. The number of aromatic amines is 1. The second kappa shape index (κ2) is 8.01. The molecular weight excluding hydrogens is 328 g/mol. The van der Waals surface area contributed by atoms with Crippen molar-refractivity contribution in [1.29, 1.82) is 0 Å². The van der Waals surface area contributed by atoms with Gasteiger partial charge in [0.15, 0.2) is 0 Å². The van der Waals surface area contributed by atoms with E-state index in [9.17, 15) is 9.59 Å². The van der Waals surface area contributed by atoms with Crippen LogP contribution in [0.15, 0.2) is 59.4 Å². The van der Waals surface area contributed by atoms with Crippen LogP contribution in [0.3, 0.4) is 0 Å². The number of nitrogens with zero attached hydrogens (tertiary/aromatic N) is 2. The average Bonchev–Trinajstić information content (AvgIpc) is 2.95.